The van der Waals surface area contributed by atoms with Crippen molar-refractivity contribution in [1.29, 1.82) is 0 Å². The van der Waals surface area contributed by atoms with Crippen LogP contribution < -0.4 is 0 Å². The van der Waals surface area contributed by atoms with Crippen LogP contribution in [0.5, 0.6) is 0 Å². The first-order valence-corrected chi connectivity index (χ1v) is 7.85. The fourth-order valence-corrected chi connectivity index (χ4v) is 2.84. The Bertz CT molecular complexity index is 823. The monoisotopic (exact) mass is 285 g/mol. The normalized spacial score (nSPS) is 12.8. The van der Waals surface area contributed by atoms with Gasteiger partial charge in [0, 0.05) is 46.1 Å². The van der Waals surface area contributed by atoms with E-state index in [-0.39, 0.29) is 0 Å². The van der Waals surface area contributed by atoms with Crippen molar-refractivity contribution in [3.63, 3.8) is 0 Å². The molecular weight excluding hydrogens is 270 g/mol. The van der Waals surface area contributed by atoms with E-state index in [1.165, 1.54) is 0 Å². The van der Waals surface area contributed by atoms with Gasteiger partial charge in [-0.25, -0.2) is 9.67 Å². The van der Waals surface area contributed by atoms with Gasteiger partial charge in [0.25, 0.3) is 0 Å². The molecule has 1 aromatic carbocycles. The summed E-state index contributed by atoms with van der Waals surface area (Å²) in [6.07, 6.45) is 3.52. The number of aromatic nitrogens is 3. The van der Waals surface area contributed by atoms with Crippen molar-refractivity contribution in [2.24, 2.45) is 7.05 Å². The minimum atomic E-state index is -0.995. The molecule has 0 aliphatic heterocycles. The molecule has 2 heterocycles. The molecule has 1 atom stereocenters. The molecule has 0 spiro atoms. The van der Waals surface area contributed by atoms with Crippen LogP contribution in [0.2, 0.25) is 0 Å². The fraction of sp³-hybridized carbons (Fsp3) is 0.200. The number of benzene rings is 1. The highest BCUT2D eigenvalue weighted by Crippen LogP contribution is 2.28. The largest absolute Gasteiger partial charge is 0.255 e. The molecule has 3 rings (SSSR count). The van der Waals surface area contributed by atoms with Crippen molar-refractivity contribution in [3.05, 3.63) is 42.1 Å². The number of hydrogen-bond acceptors (Lipinski definition) is 3. The second-order valence-corrected chi connectivity index (χ2v) is 6.22. The highest BCUT2D eigenvalue weighted by Gasteiger charge is 2.12. The maximum atomic E-state index is 11.6. The lowest BCUT2D eigenvalue weighted by atomic mass is 10.1. The fourth-order valence-electron chi connectivity index (χ4n) is 2.28. The first kappa shape index (κ1) is 13.0. The molecule has 0 bridgehead atoms. The Labute approximate surface area is 119 Å². The summed E-state index contributed by atoms with van der Waals surface area (Å²) in [4.78, 5) is 5.23. The highest BCUT2D eigenvalue weighted by atomic mass is 32.2. The van der Waals surface area contributed by atoms with Crippen LogP contribution >= 0.6 is 0 Å². The molecule has 5 heteroatoms. The van der Waals surface area contributed by atoms with Gasteiger partial charge in [-0.15, -0.1) is 0 Å². The average Bonchev–Trinajstić information content (AvgIpc) is 2.75. The summed E-state index contributed by atoms with van der Waals surface area (Å²) in [6, 6.07) is 9.78. The Balaban J connectivity index is 2.26. The van der Waals surface area contributed by atoms with Gasteiger partial charge in [0.15, 0.2) is 5.65 Å². The van der Waals surface area contributed by atoms with E-state index in [1.807, 2.05) is 44.4 Å². The number of fused-ring (bicyclic) bond motifs is 1. The maximum absolute atomic E-state index is 11.6. The molecule has 0 aliphatic carbocycles. The molecule has 0 saturated carbocycles. The molecule has 0 saturated heterocycles. The van der Waals surface area contributed by atoms with Crippen LogP contribution in [0.1, 0.15) is 5.56 Å². The number of pyridine rings is 1. The van der Waals surface area contributed by atoms with Gasteiger partial charge in [0.05, 0.1) is 0 Å². The lowest BCUT2D eigenvalue weighted by molar-refractivity contribution is 0.687. The van der Waals surface area contributed by atoms with Crippen LogP contribution in [-0.2, 0) is 17.8 Å². The summed E-state index contributed by atoms with van der Waals surface area (Å²) >= 11 is 0. The zero-order valence-corrected chi connectivity index (χ0v) is 12.4. The van der Waals surface area contributed by atoms with E-state index >= 15 is 0 Å². The van der Waals surface area contributed by atoms with Gasteiger partial charge in [0.1, 0.15) is 5.69 Å². The van der Waals surface area contributed by atoms with Crippen molar-refractivity contribution in [1.82, 2.24) is 14.8 Å². The summed E-state index contributed by atoms with van der Waals surface area (Å²) in [5, 5.41) is 5.58. The van der Waals surface area contributed by atoms with Crippen LogP contribution in [-0.4, -0.2) is 25.2 Å². The Morgan fingerprint density at radius 2 is 2.05 bits per heavy atom. The second-order valence-electron chi connectivity index (χ2n) is 4.84. The van der Waals surface area contributed by atoms with Crippen LogP contribution in [0.15, 0.2) is 41.4 Å². The molecule has 0 radical (unpaired) electrons. The predicted octanol–water partition coefficient (Wildman–Crippen LogP) is 2.68. The van der Waals surface area contributed by atoms with Gasteiger partial charge < -0.3 is 0 Å². The van der Waals surface area contributed by atoms with E-state index in [0.29, 0.717) is 0 Å². The van der Waals surface area contributed by atoms with Gasteiger partial charge in [-0.2, -0.15) is 5.10 Å². The van der Waals surface area contributed by atoms with Crippen molar-refractivity contribution >= 4 is 21.8 Å². The minimum Gasteiger partial charge on any atom is -0.255 e. The third kappa shape index (κ3) is 2.14. The van der Waals surface area contributed by atoms with Gasteiger partial charge in [-0.3, -0.25) is 4.21 Å². The first-order valence-electron chi connectivity index (χ1n) is 6.29. The quantitative estimate of drug-likeness (QED) is 0.727. The lowest BCUT2D eigenvalue weighted by Gasteiger charge is -2.01. The third-order valence-electron chi connectivity index (χ3n) is 3.25. The molecule has 2 aromatic heterocycles. The molecule has 0 amide bonds. The number of nitrogens with zero attached hydrogens (tertiary/aromatic N) is 3. The van der Waals surface area contributed by atoms with Crippen molar-refractivity contribution in [3.8, 4) is 11.3 Å². The zero-order chi connectivity index (χ0) is 14.3. The van der Waals surface area contributed by atoms with Gasteiger partial charge >= 0.3 is 0 Å². The molecule has 0 aliphatic rings. The van der Waals surface area contributed by atoms with Crippen LogP contribution in [0.25, 0.3) is 22.3 Å². The van der Waals surface area contributed by atoms with Crippen LogP contribution in [0.3, 0.4) is 0 Å². The van der Waals surface area contributed by atoms with Crippen LogP contribution in [0.4, 0.5) is 0 Å². The SMILES string of the molecule is Cc1cnc2c(c1)c(-c1cccc(S(C)=O)c1)nn2C. The average molecular weight is 285 g/mol. The van der Waals surface area contributed by atoms with E-state index in [9.17, 15) is 4.21 Å². The Morgan fingerprint density at radius 1 is 1.25 bits per heavy atom. The van der Waals surface area contributed by atoms with E-state index in [0.717, 1.165) is 32.7 Å². The Kier molecular flexibility index (Phi) is 3.14. The molecule has 0 N–H and O–H groups in total. The van der Waals surface area contributed by atoms with Crippen LogP contribution in [0, 0.1) is 6.92 Å². The molecule has 0 fully saturated rings. The van der Waals surface area contributed by atoms with E-state index in [1.54, 1.807) is 10.9 Å². The smallest absolute Gasteiger partial charge is 0.158 e. The number of hydrogen-bond donors (Lipinski definition) is 0. The molecule has 3 aromatic rings. The van der Waals surface area contributed by atoms with Crippen molar-refractivity contribution in [2.45, 2.75) is 11.8 Å². The van der Waals surface area contributed by atoms with E-state index in [2.05, 4.69) is 16.1 Å². The molecule has 102 valence electrons. The molecule has 1 unspecified atom stereocenters. The Morgan fingerprint density at radius 3 is 2.80 bits per heavy atom. The standard InChI is InChI=1S/C15H15N3OS/c1-10-7-13-14(17-18(2)15(13)16-9-10)11-5-4-6-12(8-11)20(3)19/h4-9H,1-3H3. The molecule has 4 nitrogen and oxygen atoms in total. The summed E-state index contributed by atoms with van der Waals surface area (Å²) in [6.45, 7) is 2.01. The predicted molar refractivity (Wildman–Crippen MR) is 81.0 cm³/mol. The van der Waals surface area contributed by atoms with Crippen molar-refractivity contribution < 1.29 is 4.21 Å². The van der Waals surface area contributed by atoms with Gasteiger partial charge in [-0.05, 0) is 30.7 Å². The molecular formula is C15H15N3OS. The zero-order valence-electron chi connectivity index (χ0n) is 11.6. The lowest BCUT2D eigenvalue weighted by Crippen LogP contribution is -1.92. The maximum Gasteiger partial charge on any atom is 0.158 e. The molecule has 20 heavy (non-hydrogen) atoms. The number of aryl methyl sites for hydroxylation is 2. The second kappa shape index (κ2) is 4.83. The van der Waals surface area contributed by atoms with E-state index in [4.69, 9.17) is 0 Å². The van der Waals surface area contributed by atoms with E-state index < -0.39 is 10.8 Å². The van der Waals surface area contributed by atoms with Crippen molar-refractivity contribution in [2.75, 3.05) is 6.26 Å². The number of rotatable bonds is 2. The Hall–Kier alpha value is -2.01. The summed E-state index contributed by atoms with van der Waals surface area (Å²) in [5.41, 5.74) is 3.80. The third-order valence-corrected chi connectivity index (χ3v) is 4.17. The summed E-state index contributed by atoms with van der Waals surface area (Å²) < 4.78 is 13.4. The van der Waals surface area contributed by atoms with Gasteiger partial charge in [-0.1, -0.05) is 12.1 Å². The first-order chi connectivity index (χ1) is 9.56. The summed E-state index contributed by atoms with van der Waals surface area (Å²) in [5.74, 6) is 0. The topological polar surface area (TPSA) is 47.8 Å². The highest BCUT2D eigenvalue weighted by molar-refractivity contribution is 7.84. The summed E-state index contributed by atoms with van der Waals surface area (Å²) in [7, 11) is 0.890. The van der Waals surface area contributed by atoms with Gasteiger partial charge in [0.2, 0.25) is 0 Å². The minimum absolute atomic E-state index is 0.807.